The van der Waals surface area contributed by atoms with Crippen LogP contribution >= 0.6 is 0 Å². The summed E-state index contributed by atoms with van der Waals surface area (Å²) in [4.78, 5) is 14.7. The van der Waals surface area contributed by atoms with E-state index in [0.717, 1.165) is 0 Å². The molecule has 1 aromatic rings. The van der Waals surface area contributed by atoms with Gasteiger partial charge in [0, 0.05) is 7.11 Å². The van der Waals surface area contributed by atoms with Gasteiger partial charge in [0.25, 0.3) is 0 Å². The van der Waals surface area contributed by atoms with Crippen LogP contribution in [0.15, 0.2) is 12.3 Å². The van der Waals surface area contributed by atoms with Crippen molar-refractivity contribution < 1.29 is 24.1 Å². The molecule has 0 spiro atoms. The van der Waals surface area contributed by atoms with Crippen LogP contribution < -0.4 is 10.5 Å². The van der Waals surface area contributed by atoms with Crippen LogP contribution in [0.5, 0.6) is 5.88 Å². The second kappa shape index (κ2) is 7.46. The first-order chi connectivity index (χ1) is 8.65. The second-order valence-electron chi connectivity index (χ2n) is 3.38. The van der Waals surface area contributed by atoms with E-state index in [1.54, 1.807) is 7.11 Å². The predicted molar refractivity (Wildman–Crippen MR) is 63.8 cm³/mol. The Labute approximate surface area is 104 Å². The normalized spacial score (nSPS) is 10.3. The van der Waals surface area contributed by atoms with Gasteiger partial charge in [-0.05, 0) is 6.07 Å². The number of hydrogen-bond donors (Lipinski definition) is 2. The molecule has 18 heavy (non-hydrogen) atoms. The van der Waals surface area contributed by atoms with Crippen LogP contribution in [0.4, 0.5) is 5.69 Å². The highest BCUT2D eigenvalue weighted by molar-refractivity contribution is 5.91. The zero-order valence-corrected chi connectivity index (χ0v) is 10.1. The van der Waals surface area contributed by atoms with Crippen LogP contribution in [-0.4, -0.2) is 49.6 Å². The summed E-state index contributed by atoms with van der Waals surface area (Å²) in [6.45, 7) is 1.50. The van der Waals surface area contributed by atoms with Crippen molar-refractivity contribution in [2.45, 2.75) is 0 Å². The lowest BCUT2D eigenvalue weighted by atomic mass is 10.2. The molecule has 0 aliphatic heterocycles. The summed E-state index contributed by atoms with van der Waals surface area (Å²) in [6, 6.07) is 1.30. The molecule has 1 aromatic heterocycles. The highest BCUT2D eigenvalue weighted by Crippen LogP contribution is 2.17. The van der Waals surface area contributed by atoms with Crippen LogP contribution in [0, 0.1) is 0 Å². The van der Waals surface area contributed by atoms with Gasteiger partial charge in [-0.2, -0.15) is 0 Å². The zero-order valence-electron chi connectivity index (χ0n) is 10.1. The van der Waals surface area contributed by atoms with Crippen molar-refractivity contribution in [2.24, 2.45) is 0 Å². The minimum absolute atomic E-state index is 0.0343. The maximum Gasteiger partial charge on any atom is 0.341 e. The number of pyridine rings is 1. The number of anilines is 1. The summed E-state index contributed by atoms with van der Waals surface area (Å²) in [6.07, 6.45) is 1.34. The van der Waals surface area contributed by atoms with Crippen LogP contribution in [0.2, 0.25) is 0 Å². The Kier molecular flexibility index (Phi) is 5.89. The summed E-state index contributed by atoms with van der Waals surface area (Å²) in [5, 5.41) is 8.94. The maximum atomic E-state index is 10.9. The molecule has 0 saturated heterocycles. The van der Waals surface area contributed by atoms with Gasteiger partial charge in [-0.15, -0.1) is 0 Å². The molecule has 1 rings (SSSR count). The quantitative estimate of drug-likeness (QED) is 0.649. The molecule has 1 heterocycles. The first-order valence-corrected chi connectivity index (χ1v) is 5.33. The number of carboxylic acids is 1. The molecule has 0 saturated carbocycles. The topological polar surface area (TPSA) is 104 Å². The molecular weight excluding hydrogens is 240 g/mol. The largest absolute Gasteiger partial charge is 0.477 e. The minimum Gasteiger partial charge on any atom is -0.477 e. The van der Waals surface area contributed by atoms with Gasteiger partial charge >= 0.3 is 5.97 Å². The van der Waals surface area contributed by atoms with E-state index >= 15 is 0 Å². The van der Waals surface area contributed by atoms with Crippen molar-refractivity contribution in [2.75, 3.05) is 39.3 Å². The zero-order chi connectivity index (χ0) is 13.4. The second-order valence-corrected chi connectivity index (χ2v) is 3.38. The smallest absolute Gasteiger partial charge is 0.341 e. The Morgan fingerprint density at radius 1 is 1.39 bits per heavy atom. The minimum atomic E-state index is -1.13. The monoisotopic (exact) mass is 256 g/mol. The van der Waals surface area contributed by atoms with Crippen LogP contribution in [0.1, 0.15) is 10.4 Å². The number of rotatable bonds is 8. The molecule has 0 aliphatic rings. The van der Waals surface area contributed by atoms with Crippen molar-refractivity contribution >= 4 is 11.7 Å². The number of aromatic nitrogens is 1. The van der Waals surface area contributed by atoms with E-state index < -0.39 is 5.97 Å². The molecule has 3 N–H and O–H groups in total. The van der Waals surface area contributed by atoms with Gasteiger partial charge in [0.05, 0.1) is 31.7 Å². The third-order valence-corrected chi connectivity index (χ3v) is 2.00. The maximum absolute atomic E-state index is 10.9. The molecule has 0 aliphatic carbocycles. The van der Waals surface area contributed by atoms with Crippen molar-refractivity contribution in [3.8, 4) is 5.88 Å². The third kappa shape index (κ3) is 4.56. The van der Waals surface area contributed by atoms with E-state index in [1.807, 2.05) is 0 Å². The molecule has 0 amide bonds. The first kappa shape index (κ1) is 14.2. The molecule has 7 heteroatoms. The highest BCUT2D eigenvalue weighted by atomic mass is 16.5. The number of ether oxygens (including phenoxy) is 3. The van der Waals surface area contributed by atoms with Gasteiger partial charge in [0.15, 0.2) is 0 Å². The average molecular weight is 256 g/mol. The fourth-order valence-corrected chi connectivity index (χ4v) is 1.18. The van der Waals surface area contributed by atoms with E-state index in [9.17, 15) is 4.79 Å². The summed E-state index contributed by atoms with van der Waals surface area (Å²) in [5.41, 5.74) is 5.67. The van der Waals surface area contributed by atoms with Crippen molar-refractivity contribution in [3.05, 3.63) is 17.8 Å². The van der Waals surface area contributed by atoms with E-state index in [2.05, 4.69) is 4.98 Å². The molecule has 0 atom stereocenters. The van der Waals surface area contributed by atoms with Crippen molar-refractivity contribution in [1.29, 1.82) is 0 Å². The summed E-state index contributed by atoms with van der Waals surface area (Å²) in [5.74, 6) is -1.10. The average Bonchev–Trinajstić information content (AvgIpc) is 2.35. The Morgan fingerprint density at radius 2 is 2.11 bits per heavy atom. The molecule has 0 aromatic carbocycles. The number of nitrogen functional groups attached to an aromatic ring is 1. The lowest BCUT2D eigenvalue weighted by Crippen LogP contribution is -2.12. The van der Waals surface area contributed by atoms with Gasteiger partial charge in [-0.3, -0.25) is 0 Å². The summed E-state index contributed by atoms with van der Waals surface area (Å²) in [7, 11) is 1.58. The van der Waals surface area contributed by atoms with Gasteiger partial charge in [-0.1, -0.05) is 0 Å². The standard InChI is InChI=1S/C11H16N2O5/c1-16-2-3-17-4-5-18-10-9(11(14)15)6-8(12)7-13-10/h6-7H,2-5,12H2,1H3,(H,14,15). The number of hydrogen-bond acceptors (Lipinski definition) is 6. The number of nitrogens with zero attached hydrogens (tertiary/aromatic N) is 1. The third-order valence-electron chi connectivity index (χ3n) is 2.00. The lowest BCUT2D eigenvalue weighted by molar-refractivity contribution is 0.0527. The molecule has 100 valence electrons. The van der Waals surface area contributed by atoms with Crippen molar-refractivity contribution in [1.82, 2.24) is 4.98 Å². The fourth-order valence-electron chi connectivity index (χ4n) is 1.18. The fraction of sp³-hybridized carbons (Fsp3) is 0.455. The summed E-state index contributed by atoms with van der Waals surface area (Å²) >= 11 is 0. The highest BCUT2D eigenvalue weighted by Gasteiger charge is 2.13. The number of carboxylic acid groups (broad SMARTS) is 1. The van der Waals surface area contributed by atoms with Crippen LogP contribution in [-0.2, 0) is 9.47 Å². The van der Waals surface area contributed by atoms with Gasteiger partial charge in [0.2, 0.25) is 5.88 Å². The number of aromatic carboxylic acids is 1. The first-order valence-electron chi connectivity index (χ1n) is 5.33. The van der Waals surface area contributed by atoms with Crippen LogP contribution in [0.3, 0.4) is 0 Å². The Balaban J connectivity index is 2.44. The number of carbonyl (C=O) groups is 1. The SMILES string of the molecule is COCCOCCOc1ncc(N)cc1C(=O)O. The van der Waals surface area contributed by atoms with Gasteiger partial charge < -0.3 is 25.1 Å². The molecule has 0 unspecified atom stereocenters. The van der Waals surface area contributed by atoms with Gasteiger partial charge in [0.1, 0.15) is 12.2 Å². The molecule has 0 fully saturated rings. The molecule has 0 bridgehead atoms. The molecule has 7 nitrogen and oxygen atoms in total. The Hall–Kier alpha value is -1.86. The van der Waals surface area contributed by atoms with E-state index in [-0.39, 0.29) is 23.7 Å². The summed E-state index contributed by atoms with van der Waals surface area (Å²) < 4.78 is 15.2. The van der Waals surface area contributed by atoms with Gasteiger partial charge in [-0.25, -0.2) is 9.78 Å². The van der Waals surface area contributed by atoms with Crippen LogP contribution in [0.25, 0.3) is 0 Å². The lowest BCUT2D eigenvalue weighted by Gasteiger charge is -2.08. The molecule has 0 radical (unpaired) electrons. The van der Waals surface area contributed by atoms with E-state index in [0.29, 0.717) is 19.8 Å². The Morgan fingerprint density at radius 3 is 2.78 bits per heavy atom. The predicted octanol–water partition coefficient (Wildman–Crippen LogP) is 0.404. The number of methoxy groups -OCH3 is 1. The van der Waals surface area contributed by atoms with E-state index in [4.69, 9.17) is 25.1 Å². The van der Waals surface area contributed by atoms with E-state index in [1.165, 1.54) is 12.3 Å². The Bertz CT molecular complexity index is 397. The molecular formula is C11H16N2O5. The number of nitrogens with two attached hydrogens (primary N) is 1. The van der Waals surface area contributed by atoms with Crippen molar-refractivity contribution in [3.63, 3.8) is 0 Å².